The molecule has 2 heteroatoms. The summed E-state index contributed by atoms with van der Waals surface area (Å²) < 4.78 is 0. The van der Waals surface area contributed by atoms with Gasteiger partial charge in [0.05, 0.1) is 12.6 Å². The van der Waals surface area contributed by atoms with E-state index in [9.17, 15) is 0 Å². The maximum atomic E-state index is 8.76. The van der Waals surface area contributed by atoms with E-state index in [0.717, 1.165) is 5.57 Å². The van der Waals surface area contributed by atoms with E-state index >= 15 is 0 Å². The van der Waals surface area contributed by atoms with Gasteiger partial charge in [-0.15, -0.1) is 0 Å². The molecule has 54 valence electrons. The number of nitrogens with zero attached hydrogens (tertiary/aromatic N) is 1. The number of hydrogen-bond donors (Lipinski definition) is 1. The molecular formula is C7H15NO. The van der Waals surface area contributed by atoms with Gasteiger partial charge in [-0.25, -0.2) is 0 Å². The van der Waals surface area contributed by atoms with Crippen LogP contribution in [0.25, 0.3) is 0 Å². The first kappa shape index (κ1) is 8.66. The normalized spacial score (nSPS) is 13.9. The Bertz CT molecular complexity index is 99.1. The molecule has 0 aliphatic heterocycles. The molecule has 0 aromatic carbocycles. The summed E-state index contributed by atoms with van der Waals surface area (Å²) in [5.41, 5.74) is 1.00. The van der Waals surface area contributed by atoms with Gasteiger partial charge in [-0.1, -0.05) is 12.2 Å². The van der Waals surface area contributed by atoms with Crippen molar-refractivity contribution in [2.45, 2.75) is 13.0 Å². The fourth-order valence-electron chi connectivity index (χ4n) is 0.760. The molecule has 0 aliphatic rings. The summed E-state index contributed by atoms with van der Waals surface area (Å²) in [5, 5.41) is 8.76. The van der Waals surface area contributed by atoms with Gasteiger partial charge in [-0.2, -0.15) is 0 Å². The highest BCUT2D eigenvalue weighted by molar-refractivity contribution is 5.00. The smallest absolute Gasteiger partial charge is 0.0624 e. The number of hydrogen-bond acceptors (Lipinski definition) is 2. The van der Waals surface area contributed by atoms with Gasteiger partial charge in [0.15, 0.2) is 0 Å². The Hall–Kier alpha value is -0.340. The molecule has 0 aliphatic carbocycles. The van der Waals surface area contributed by atoms with Crippen molar-refractivity contribution in [3.05, 3.63) is 12.2 Å². The van der Waals surface area contributed by atoms with E-state index < -0.39 is 0 Å². The zero-order chi connectivity index (χ0) is 7.44. The van der Waals surface area contributed by atoms with Gasteiger partial charge in [0, 0.05) is 0 Å². The fourth-order valence-corrected chi connectivity index (χ4v) is 0.760. The molecule has 0 amide bonds. The Labute approximate surface area is 56.8 Å². The summed E-state index contributed by atoms with van der Waals surface area (Å²) >= 11 is 0. The van der Waals surface area contributed by atoms with Crippen LogP contribution in [0, 0.1) is 0 Å². The summed E-state index contributed by atoms with van der Waals surface area (Å²) in [6.07, 6.45) is 0. The van der Waals surface area contributed by atoms with Gasteiger partial charge in [-0.3, -0.25) is 0 Å². The van der Waals surface area contributed by atoms with E-state index in [1.165, 1.54) is 0 Å². The minimum atomic E-state index is 0.116. The first-order valence-corrected chi connectivity index (χ1v) is 3.02. The molecule has 0 heterocycles. The van der Waals surface area contributed by atoms with Crippen molar-refractivity contribution in [1.82, 2.24) is 4.90 Å². The van der Waals surface area contributed by atoms with Gasteiger partial charge >= 0.3 is 0 Å². The Morgan fingerprint density at radius 2 is 2.11 bits per heavy atom. The largest absolute Gasteiger partial charge is 0.394 e. The van der Waals surface area contributed by atoms with Crippen molar-refractivity contribution in [2.75, 3.05) is 20.7 Å². The lowest BCUT2D eigenvalue weighted by molar-refractivity contribution is 0.192. The average Bonchev–Trinajstić information content (AvgIpc) is 1.64. The van der Waals surface area contributed by atoms with Crippen molar-refractivity contribution in [1.29, 1.82) is 0 Å². The zero-order valence-corrected chi connectivity index (χ0v) is 6.39. The molecule has 1 atom stereocenters. The third-order valence-corrected chi connectivity index (χ3v) is 1.37. The fraction of sp³-hybridized carbons (Fsp3) is 0.714. The molecule has 1 N–H and O–H groups in total. The van der Waals surface area contributed by atoms with Gasteiger partial charge in [0.2, 0.25) is 0 Å². The van der Waals surface area contributed by atoms with Crippen LogP contribution in [0.15, 0.2) is 12.2 Å². The molecule has 9 heavy (non-hydrogen) atoms. The third-order valence-electron chi connectivity index (χ3n) is 1.37. The van der Waals surface area contributed by atoms with Crippen LogP contribution < -0.4 is 0 Å². The van der Waals surface area contributed by atoms with Crippen molar-refractivity contribution in [3.8, 4) is 0 Å². The molecule has 0 aromatic heterocycles. The quantitative estimate of drug-likeness (QED) is 0.560. The molecule has 0 rings (SSSR count). The van der Waals surface area contributed by atoms with Crippen LogP contribution >= 0.6 is 0 Å². The van der Waals surface area contributed by atoms with Crippen LogP contribution in [0.4, 0.5) is 0 Å². The Balaban J connectivity index is 3.83. The van der Waals surface area contributed by atoms with E-state index in [-0.39, 0.29) is 12.6 Å². The lowest BCUT2D eigenvalue weighted by Crippen LogP contribution is -2.31. The minimum absolute atomic E-state index is 0.116. The third kappa shape index (κ3) is 2.63. The molecule has 0 fully saturated rings. The predicted molar refractivity (Wildman–Crippen MR) is 39.4 cm³/mol. The van der Waals surface area contributed by atoms with Gasteiger partial charge in [0.25, 0.3) is 0 Å². The molecule has 1 unspecified atom stereocenters. The lowest BCUT2D eigenvalue weighted by Gasteiger charge is -2.21. The SMILES string of the molecule is C=C(C)C(CO)N(C)C. The summed E-state index contributed by atoms with van der Waals surface area (Å²) in [4.78, 5) is 1.95. The molecule has 0 bridgehead atoms. The van der Waals surface area contributed by atoms with Crippen LogP contribution in [0.3, 0.4) is 0 Å². The van der Waals surface area contributed by atoms with Crippen molar-refractivity contribution in [3.63, 3.8) is 0 Å². The summed E-state index contributed by atoms with van der Waals surface area (Å²) in [5.74, 6) is 0. The Morgan fingerprint density at radius 3 is 2.11 bits per heavy atom. The molecule has 0 aromatic rings. The highest BCUT2D eigenvalue weighted by atomic mass is 16.3. The zero-order valence-electron chi connectivity index (χ0n) is 6.39. The van der Waals surface area contributed by atoms with E-state index in [1.54, 1.807) is 0 Å². The molecule has 2 nitrogen and oxygen atoms in total. The van der Waals surface area contributed by atoms with Crippen LogP contribution in [0.2, 0.25) is 0 Å². The topological polar surface area (TPSA) is 23.5 Å². The van der Waals surface area contributed by atoms with E-state index in [2.05, 4.69) is 6.58 Å². The Kier molecular flexibility index (Phi) is 3.50. The van der Waals surface area contributed by atoms with Crippen LogP contribution in [-0.2, 0) is 0 Å². The number of aliphatic hydroxyl groups excluding tert-OH is 1. The van der Waals surface area contributed by atoms with Crippen LogP contribution in [-0.4, -0.2) is 36.8 Å². The lowest BCUT2D eigenvalue weighted by atomic mass is 10.1. The first-order valence-electron chi connectivity index (χ1n) is 3.02. The van der Waals surface area contributed by atoms with Crippen molar-refractivity contribution >= 4 is 0 Å². The average molecular weight is 129 g/mol. The second kappa shape index (κ2) is 3.64. The maximum absolute atomic E-state index is 8.76. The van der Waals surface area contributed by atoms with E-state index in [1.807, 2.05) is 25.9 Å². The highest BCUT2D eigenvalue weighted by Gasteiger charge is 2.08. The van der Waals surface area contributed by atoms with Gasteiger partial charge in [0.1, 0.15) is 0 Å². The first-order chi connectivity index (χ1) is 4.09. The second-order valence-corrected chi connectivity index (χ2v) is 2.51. The van der Waals surface area contributed by atoms with Crippen LogP contribution in [0.1, 0.15) is 6.92 Å². The van der Waals surface area contributed by atoms with Crippen molar-refractivity contribution in [2.24, 2.45) is 0 Å². The number of aliphatic hydroxyl groups is 1. The van der Waals surface area contributed by atoms with Crippen LogP contribution in [0.5, 0.6) is 0 Å². The van der Waals surface area contributed by atoms with E-state index in [4.69, 9.17) is 5.11 Å². The Morgan fingerprint density at radius 1 is 1.67 bits per heavy atom. The molecule has 0 radical (unpaired) electrons. The molecular weight excluding hydrogens is 114 g/mol. The molecule has 0 spiro atoms. The van der Waals surface area contributed by atoms with Crippen molar-refractivity contribution < 1.29 is 5.11 Å². The summed E-state index contributed by atoms with van der Waals surface area (Å²) in [6.45, 7) is 5.82. The monoisotopic (exact) mass is 129 g/mol. The van der Waals surface area contributed by atoms with Gasteiger partial charge in [-0.05, 0) is 21.0 Å². The summed E-state index contributed by atoms with van der Waals surface area (Å²) in [7, 11) is 3.85. The molecule has 0 saturated heterocycles. The standard InChI is InChI=1S/C7H15NO/c1-6(2)7(5-9)8(3)4/h7,9H,1,5H2,2-4H3. The second-order valence-electron chi connectivity index (χ2n) is 2.51. The highest BCUT2D eigenvalue weighted by Crippen LogP contribution is 2.01. The molecule has 0 saturated carbocycles. The predicted octanol–water partition coefficient (Wildman–Crippen LogP) is 0.485. The maximum Gasteiger partial charge on any atom is 0.0624 e. The van der Waals surface area contributed by atoms with Gasteiger partial charge < -0.3 is 10.0 Å². The van der Waals surface area contributed by atoms with E-state index in [0.29, 0.717) is 0 Å². The number of likely N-dealkylation sites (N-methyl/N-ethyl adjacent to an activating group) is 1. The summed E-state index contributed by atoms with van der Waals surface area (Å²) in [6, 6.07) is 0.116. The number of rotatable bonds is 3. The minimum Gasteiger partial charge on any atom is -0.394 e.